The lowest BCUT2D eigenvalue weighted by atomic mass is 9.91. The van der Waals surface area contributed by atoms with Crippen molar-refractivity contribution in [3.8, 4) is 0 Å². The van der Waals surface area contributed by atoms with E-state index in [2.05, 4.69) is 0 Å². The van der Waals surface area contributed by atoms with E-state index in [1.807, 2.05) is 54.6 Å². The first kappa shape index (κ1) is 13.3. The summed E-state index contributed by atoms with van der Waals surface area (Å²) < 4.78 is 0. The summed E-state index contributed by atoms with van der Waals surface area (Å²) in [7, 11) is 0. The second-order valence-corrected chi connectivity index (χ2v) is 5.01. The molecule has 104 valence electrons. The van der Waals surface area contributed by atoms with Gasteiger partial charge in [-0.3, -0.25) is 9.59 Å². The van der Waals surface area contributed by atoms with Gasteiger partial charge < -0.3 is 4.90 Å². The Morgan fingerprint density at radius 2 is 1.71 bits per heavy atom. The lowest BCUT2D eigenvalue weighted by Crippen LogP contribution is -2.31. The zero-order chi connectivity index (χ0) is 14.8. The molecule has 1 aliphatic rings. The Morgan fingerprint density at radius 1 is 1.05 bits per heavy atom. The molecule has 0 unspecified atom stereocenters. The number of fused-ring (bicyclic) bond motifs is 1. The number of amides is 1. The quantitative estimate of drug-likeness (QED) is 0.791. The Balaban J connectivity index is 2.29. The van der Waals surface area contributed by atoms with Gasteiger partial charge in [0, 0.05) is 12.5 Å². The molecule has 0 aliphatic carbocycles. The van der Waals surface area contributed by atoms with Crippen LogP contribution in [0.5, 0.6) is 0 Å². The van der Waals surface area contributed by atoms with E-state index in [-0.39, 0.29) is 5.91 Å². The molecule has 2 aromatic carbocycles. The molecule has 1 amide bonds. The van der Waals surface area contributed by atoms with Crippen LogP contribution in [-0.4, -0.2) is 17.1 Å². The highest BCUT2D eigenvalue weighted by molar-refractivity contribution is 6.19. The van der Waals surface area contributed by atoms with E-state index < -0.39 is 0 Å². The maximum absolute atomic E-state index is 12.0. The van der Waals surface area contributed by atoms with Gasteiger partial charge in [0.1, 0.15) is 0 Å². The average molecular weight is 277 g/mol. The third-order valence-corrected chi connectivity index (χ3v) is 3.71. The molecule has 3 nitrogen and oxygen atoms in total. The third kappa shape index (κ3) is 2.27. The van der Waals surface area contributed by atoms with Gasteiger partial charge in [0.25, 0.3) is 0 Å². The highest BCUT2D eigenvalue weighted by atomic mass is 16.2. The highest BCUT2D eigenvalue weighted by Gasteiger charge is 2.27. The van der Waals surface area contributed by atoms with Gasteiger partial charge in [-0.05, 0) is 16.7 Å². The normalized spacial score (nSPS) is 13.9. The average Bonchev–Trinajstić information content (AvgIpc) is 2.53. The van der Waals surface area contributed by atoms with Crippen molar-refractivity contribution >= 4 is 23.5 Å². The molecule has 0 bridgehead atoms. The summed E-state index contributed by atoms with van der Waals surface area (Å²) in [5, 5.41) is 0. The number of allylic oxidation sites excluding steroid dienone is 1. The highest BCUT2D eigenvalue weighted by Crippen LogP contribution is 2.36. The van der Waals surface area contributed by atoms with Gasteiger partial charge in [-0.2, -0.15) is 0 Å². The predicted molar refractivity (Wildman–Crippen MR) is 82.0 cm³/mol. The topological polar surface area (TPSA) is 37.4 Å². The van der Waals surface area contributed by atoms with Crippen LogP contribution in [0.1, 0.15) is 23.6 Å². The molecule has 3 heteroatoms. The SMILES string of the molecule is CC(=O)N1Cc2ccccc2C(C=O)=C1c1ccccc1. The van der Waals surface area contributed by atoms with Crippen LogP contribution >= 0.6 is 0 Å². The minimum absolute atomic E-state index is 0.0669. The standard InChI is InChI=1S/C18H15NO2/c1-13(21)19-11-15-9-5-6-10-16(15)17(12-20)18(19)14-7-3-2-4-8-14/h2-10,12H,11H2,1H3. The summed E-state index contributed by atoms with van der Waals surface area (Å²) in [6.07, 6.45) is 0.844. The van der Waals surface area contributed by atoms with Gasteiger partial charge >= 0.3 is 0 Å². The van der Waals surface area contributed by atoms with Gasteiger partial charge in [0.15, 0.2) is 6.29 Å². The summed E-state index contributed by atoms with van der Waals surface area (Å²) >= 11 is 0. The van der Waals surface area contributed by atoms with Crippen molar-refractivity contribution in [3.05, 3.63) is 71.3 Å². The molecule has 0 N–H and O–H groups in total. The van der Waals surface area contributed by atoms with E-state index in [1.165, 1.54) is 6.92 Å². The monoisotopic (exact) mass is 277 g/mol. The van der Waals surface area contributed by atoms with Crippen molar-refractivity contribution in [2.75, 3.05) is 0 Å². The lowest BCUT2D eigenvalue weighted by Gasteiger charge is -2.31. The van der Waals surface area contributed by atoms with Crippen LogP contribution in [-0.2, 0) is 16.1 Å². The number of carbonyl (C=O) groups excluding carboxylic acids is 2. The summed E-state index contributed by atoms with van der Waals surface area (Å²) in [5.74, 6) is -0.0669. The Kier molecular flexibility index (Phi) is 3.40. The summed E-state index contributed by atoms with van der Waals surface area (Å²) in [6, 6.07) is 17.3. The van der Waals surface area contributed by atoms with E-state index >= 15 is 0 Å². The van der Waals surface area contributed by atoms with E-state index in [9.17, 15) is 9.59 Å². The van der Waals surface area contributed by atoms with E-state index in [1.54, 1.807) is 4.90 Å². The summed E-state index contributed by atoms with van der Waals surface area (Å²) in [5.41, 5.74) is 4.04. The fourth-order valence-corrected chi connectivity index (χ4v) is 2.74. The Bertz CT molecular complexity index is 732. The molecule has 1 aliphatic heterocycles. The van der Waals surface area contributed by atoms with E-state index in [0.717, 1.165) is 23.0 Å². The first-order valence-corrected chi connectivity index (χ1v) is 6.83. The zero-order valence-corrected chi connectivity index (χ0v) is 11.7. The molecule has 0 spiro atoms. The van der Waals surface area contributed by atoms with Crippen molar-refractivity contribution in [2.24, 2.45) is 0 Å². The fourth-order valence-electron chi connectivity index (χ4n) is 2.74. The molecule has 0 aromatic heterocycles. The lowest BCUT2D eigenvalue weighted by molar-refractivity contribution is -0.126. The smallest absolute Gasteiger partial charge is 0.224 e. The maximum Gasteiger partial charge on any atom is 0.224 e. The molecule has 0 atom stereocenters. The molecule has 3 rings (SSSR count). The van der Waals surface area contributed by atoms with Gasteiger partial charge in [-0.25, -0.2) is 0 Å². The minimum atomic E-state index is -0.0669. The van der Waals surface area contributed by atoms with Crippen LogP contribution in [0.15, 0.2) is 54.6 Å². The molecule has 2 aromatic rings. The van der Waals surface area contributed by atoms with E-state index in [4.69, 9.17) is 0 Å². The predicted octanol–water partition coefficient (Wildman–Crippen LogP) is 3.12. The number of carbonyl (C=O) groups is 2. The van der Waals surface area contributed by atoms with Crippen LogP contribution in [0, 0.1) is 0 Å². The summed E-state index contributed by atoms with van der Waals surface area (Å²) in [4.78, 5) is 25.4. The molecule has 0 saturated carbocycles. The van der Waals surface area contributed by atoms with Crippen LogP contribution in [0.25, 0.3) is 11.3 Å². The van der Waals surface area contributed by atoms with Crippen molar-refractivity contribution in [1.82, 2.24) is 4.90 Å². The molecule has 0 radical (unpaired) electrons. The number of rotatable bonds is 2. The maximum atomic E-state index is 12.0. The summed E-state index contributed by atoms with van der Waals surface area (Å²) in [6.45, 7) is 2.02. The van der Waals surface area contributed by atoms with Gasteiger partial charge in [-0.1, -0.05) is 54.6 Å². The van der Waals surface area contributed by atoms with Gasteiger partial charge in [-0.15, -0.1) is 0 Å². The molecule has 0 fully saturated rings. The second-order valence-electron chi connectivity index (χ2n) is 5.01. The van der Waals surface area contributed by atoms with Crippen molar-refractivity contribution in [1.29, 1.82) is 0 Å². The van der Waals surface area contributed by atoms with Crippen LogP contribution in [0.4, 0.5) is 0 Å². The first-order valence-electron chi connectivity index (χ1n) is 6.83. The van der Waals surface area contributed by atoms with Gasteiger partial charge in [0.05, 0.1) is 12.2 Å². The zero-order valence-electron chi connectivity index (χ0n) is 11.7. The number of nitrogens with zero attached hydrogens (tertiary/aromatic N) is 1. The first-order chi connectivity index (χ1) is 10.2. The van der Waals surface area contributed by atoms with Crippen LogP contribution in [0.2, 0.25) is 0 Å². The number of hydrogen-bond acceptors (Lipinski definition) is 2. The number of hydrogen-bond donors (Lipinski definition) is 0. The van der Waals surface area contributed by atoms with Crippen molar-refractivity contribution in [2.45, 2.75) is 13.5 Å². The van der Waals surface area contributed by atoms with E-state index in [0.29, 0.717) is 17.8 Å². The molecule has 0 saturated heterocycles. The molecule has 1 heterocycles. The Morgan fingerprint density at radius 3 is 2.38 bits per heavy atom. The molecular formula is C18H15NO2. The molecule has 21 heavy (non-hydrogen) atoms. The molecular weight excluding hydrogens is 262 g/mol. The Labute approximate surface area is 123 Å². The van der Waals surface area contributed by atoms with Crippen LogP contribution < -0.4 is 0 Å². The third-order valence-electron chi connectivity index (χ3n) is 3.71. The Hall–Kier alpha value is -2.68. The van der Waals surface area contributed by atoms with Crippen molar-refractivity contribution < 1.29 is 9.59 Å². The number of benzene rings is 2. The number of aldehydes is 1. The van der Waals surface area contributed by atoms with Gasteiger partial charge in [0.2, 0.25) is 5.91 Å². The second kappa shape index (κ2) is 5.37. The van der Waals surface area contributed by atoms with Crippen molar-refractivity contribution in [3.63, 3.8) is 0 Å². The van der Waals surface area contributed by atoms with Crippen LogP contribution in [0.3, 0.4) is 0 Å². The largest absolute Gasteiger partial charge is 0.307 e. The fraction of sp³-hybridized carbons (Fsp3) is 0.111. The minimum Gasteiger partial charge on any atom is -0.307 e.